The summed E-state index contributed by atoms with van der Waals surface area (Å²) in [6.45, 7) is 4.31. The second-order valence-corrected chi connectivity index (χ2v) is 4.49. The van der Waals surface area contributed by atoms with Gasteiger partial charge in [0.25, 0.3) is 0 Å². The van der Waals surface area contributed by atoms with Crippen molar-refractivity contribution in [3.05, 3.63) is 10.3 Å². The second-order valence-electron chi connectivity index (χ2n) is 3.74. The normalized spacial score (nSPS) is 13.6. The average Bonchev–Trinajstić information content (AvgIpc) is 2.43. The monoisotopic (exact) mass is 261 g/mol. The van der Waals surface area contributed by atoms with E-state index in [1.54, 1.807) is 4.68 Å². The molecule has 1 rings (SSSR count). The highest BCUT2D eigenvalue weighted by Crippen LogP contribution is 2.24. The van der Waals surface area contributed by atoms with Gasteiger partial charge in [0.2, 0.25) is 0 Å². The smallest absolute Gasteiger partial charge is 0.153 e. The molecule has 0 fully saturated rings. The number of nitrogens with two attached hydrogens (primary N) is 1. The van der Waals surface area contributed by atoms with Crippen molar-refractivity contribution in [2.24, 2.45) is 18.8 Å². The first-order valence-corrected chi connectivity index (χ1v) is 5.36. The molecule has 14 heavy (non-hydrogen) atoms. The van der Waals surface area contributed by atoms with E-state index in [2.05, 4.69) is 45.5 Å². The van der Waals surface area contributed by atoms with Crippen molar-refractivity contribution in [3.8, 4) is 0 Å². The Bertz CT molecular complexity index is 276. The molecule has 1 heterocycles. The fourth-order valence-corrected chi connectivity index (χ4v) is 2.04. The van der Waals surface area contributed by atoms with Crippen LogP contribution in [0.4, 0.5) is 0 Å². The average molecular weight is 262 g/mol. The molecular weight excluding hydrogens is 246 g/mol. The molecule has 0 bridgehead atoms. The molecule has 0 aliphatic heterocycles. The zero-order valence-corrected chi connectivity index (χ0v) is 10.2. The van der Waals surface area contributed by atoms with Crippen molar-refractivity contribution in [1.82, 2.24) is 20.4 Å². The maximum absolute atomic E-state index is 5.51. The summed E-state index contributed by atoms with van der Waals surface area (Å²) in [7, 11) is 1.86. The lowest BCUT2D eigenvalue weighted by atomic mass is 10.0. The van der Waals surface area contributed by atoms with E-state index >= 15 is 0 Å². The summed E-state index contributed by atoms with van der Waals surface area (Å²) in [4.78, 5) is 0. The number of rotatable bonds is 4. The zero-order valence-electron chi connectivity index (χ0n) is 8.66. The number of halogens is 1. The van der Waals surface area contributed by atoms with Gasteiger partial charge in [0.05, 0.1) is 11.7 Å². The molecule has 6 heteroatoms. The van der Waals surface area contributed by atoms with Crippen LogP contribution in [0, 0.1) is 5.92 Å². The maximum atomic E-state index is 5.51. The predicted molar refractivity (Wildman–Crippen MR) is 58.2 cm³/mol. The van der Waals surface area contributed by atoms with Crippen LogP contribution in [0.25, 0.3) is 0 Å². The Labute approximate surface area is 92.1 Å². The van der Waals surface area contributed by atoms with Gasteiger partial charge in [-0.2, -0.15) is 0 Å². The summed E-state index contributed by atoms with van der Waals surface area (Å²) >= 11 is 3.36. The lowest BCUT2D eigenvalue weighted by molar-refractivity contribution is 0.415. The summed E-state index contributed by atoms with van der Waals surface area (Å²) in [5.41, 5.74) is 3.77. The van der Waals surface area contributed by atoms with Crippen LogP contribution in [0.5, 0.6) is 0 Å². The molecule has 0 aliphatic carbocycles. The van der Waals surface area contributed by atoms with Crippen LogP contribution in [0.1, 0.15) is 32.0 Å². The third kappa shape index (κ3) is 2.52. The molecular formula is C8H16BrN5. The van der Waals surface area contributed by atoms with Crippen LogP contribution in [0.2, 0.25) is 0 Å². The van der Waals surface area contributed by atoms with Gasteiger partial charge in [0, 0.05) is 7.05 Å². The van der Waals surface area contributed by atoms with E-state index in [1.165, 1.54) is 0 Å². The zero-order chi connectivity index (χ0) is 10.7. The molecule has 1 aromatic heterocycles. The van der Waals surface area contributed by atoms with E-state index in [0.717, 1.165) is 16.7 Å². The summed E-state index contributed by atoms with van der Waals surface area (Å²) in [6, 6.07) is 0.0874. The first-order valence-electron chi connectivity index (χ1n) is 4.57. The molecule has 80 valence electrons. The van der Waals surface area contributed by atoms with E-state index in [-0.39, 0.29) is 6.04 Å². The molecule has 0 radical (unpaired) electrons. The van der Waals surface area contributed by atoms with Gasteiger partial charge in [0.15, 0.2) is 4.60 Å². The fourth-order valence-electron chi connectivity index (χ4n) is 1.44. The summed E-state index contributed by atoms with van der Waals surface area (Å²) in [5, 5.41) is 7.84. The first kappa shape index (κ1) is 11.6. The van der Waals surface area contributed by atoms with Crippen molar-refractivity contribution in [3.63, 3.8) is 0 Å². The second kappa shape index (κ2) is 4.86. The highest BCUT2D eigenvalue weighted by Gasteiger charge is 2.19. The fraction of sp³-hybridized carbons (Fsp3) is 0.750. The Hall–Kier alpha value is -0.460. The molecule has 5 nitrogen and oxygen atoms in total. The first-order chi connectivity index (χ1) is 6.56. The number of aryl methyl sites for hydroxylation is 1. The van der Waals surface area contributed by atoms with Crippen LogP contribution >= 0.6 is 15.9 Å². The molecule has 3 N–H and O–H groups in total. The highest BCUT2D eigenvalue weighted by molar-refractivity contribution is 9.10. The molecule has 0 aliphatic rings. The molecule has 1 atom stereocenters. The van der Waals surface area contributed by atoms with Gasteiger partial charge in [-0.1, -0.05) is 19.1 Å². The predicted octanol–water partition coefficient (Wildman–Crippen LogP) is 1.13. The van der Waals surface area contributed by atoms with Crippen molar-refractivity contribution in [1.29, 1.82) is 0 Å². The van der Waals surface area contributed by atoms with Crippen LogP contribution in [0.15, 0.2) is 4.60 Å². The highest BCUT2D eigenvalue weighted by atomic mass is 79.9. The van der Waals surface area contributed by atoms with Gasteiger partial charge in [-0.15, -0.1) is 5.10 Å². The lowest BCUT2D eigenvalue weighted by Gasteiger charge is -2.17. The van der Waals surface area contributed by atoms with Crippen molar-refractivity contribution < 1.29 is 0 Å². The molecule has 0 amide bonds. The standard InChI is InChI=1S/C8H16BrN5/c1-5(2)4-6(11-10)7-8(9)12-13-14(7)3/h5-6,11H,4,10H2,1-3H3. The van der Waals surface area contributed by atoms with E-state index in [0.29, 0.717) is 5.92 Å². The Morgan fingerprint density at radius 3 is 2.57 bits per heavy atom. The third-order valence-electron chi connectivity index (χ3n) is 2.07. The lowest BCUT2D eigenvalue weighted by Crippen LogP contribution is -2.30. The molecule has 0 aromatic carbocycles. The molecule has 0 saturated carbocycles. The van der Waals surface area contributed by atoms with Crippen LogP contribution in [-0.4, -0.2) is 15.0 Å². The number of aromatic nitrogens is 3. The van der Waals surface area contributed by atoms with Gasteiger partial charge in [0.1, 0.15) is 0 Å². The van der Waals surface area contributed by atoms with Gasteiger partial charge < -0.3 is 0 Å². The van der Waals surface area contributed by atoms with Gasteiger partial charge in [-0.05, 0) is 28.3 Å². The summed E-state index contributed by atoms with van der Waals surface area (Å²) in [6.07, 6.45) is 0.955. The van der Waals surface area contributed by atoms with Crippen molar-refractivity contribution in [2.45, 2.75) is 26.3 Å². The van der Waals surface area contributed by atoms with E-state index in [9.17, 15) is 0 Å². The Morgan fingerprint density at radius 2 is 2.21 bits per heavy atom. The maximum Gasteiger partial charge on any atom is 0.153 e. The van der Waals surface area contributed by atoms with E-state index in [1.807, 2.05) is 7.05 Å². The number of hydrogen-bond acceptors (Lipinski definition) is 4. The molecule has 1 unspecified atom stereocenters. The quantitative estimate of drug-likeness (QED) is 0.630. The minimum atomic E-state index is 0.0874. The topological polar surface area (TPSA) is 68.8 Å². The number of hydrazine groups is 1. The van der Waals surface area contributed by atoms with Gasteiger partial charge in [-0.3, -0.25) is 11.3 Å². The Balaban J connectivity index is 2.88. The summed E-state index contributed by atoms with van der Waals surface area (Å²) in [5.74, 6) is 6.08. The minimum absolute atomic E-state index is 0.0874. The molecule has 0 spiro atoms. The van der Waals surface area contributed by atoms with Crippen molar-refractivity contribution in [2.75, 3.05) is 0 Å². The molecule has 1 aromatic rings. The summed E-state index contributed by atoms with van der Waals surface area (Å²) < 4.78 is 2.49. The number of nitrogens with zero attached hydrogens (tertiary/aromatic N) is 3. The SMILES string of the molecule is CC(C)CC(NN)c1c(Br)nnn1C. The van der Waals surface area contributed by atoms with Crippen LogP contribution in [0.3, 0.4) is 0 Å². The minimum Gasteiger partial charge on any atom is -0.271 e. The third-order valence-corrected chi connectivity index (χ3v) is 2.63. The van der Waals surface area contributed by atoms with Crippen LogP contribution < -0.4 is 11.3 Å². The number of hydrogen-bond donors (Lipinski definition) is 2. The molecule has 0 saturated heterocycles. The van der Waals surface area contributed by atoms with E-state index in [4.69, 9.17) is 5.84 Å². The van der Waals surface area contributed by atoms with Gasteiger partial charge in [-0.25, -0.2) is 4.68 Å². The van der Waals surface area contributed by atoms with Gasteiger partial charge >= 0.3 is 0 Å². The largest absolute Gasteiger partial charge is 0.271 e. The van der Waals surface area contributed by atoms with Crippen molar-refractivity contribution >= 4 is 15.9 Å². The Morgan fingerprint density at radius 1 is 1.57 bits per heavy atom. The number of nitrogens with one attached hydrogen (secondary N) is 1. The van der Waals surface area contributed by atoms with Crippen LogP contribution in [-0.2, 0) is 7.05 Å². The Kier molecular flexibility index (Phi) is 4.03. The van der Waals surface area contributed by atoms with E-state index < -0.39 is 0 Å².